The van der Waals surface area contributed by atoms with Crippen LogP contribution in [-0.4, -0.2) is 59.6 Å². The summed E-state index contributed by atoms with van der Waals surface area (Å²) in [7, 11) is 1.82. The van der Waals surface area contributed by atoms with Gasteiger partial charge in [-0.3, -0.25) is 19.2 Å². The van der Waals surface area contributed by atoms with Gasteiger partial charge in [-0.05, 0) is 74.4 Å². The molecule has 212 valence electrons. The molecule has 40 heavy (non-hydrogen) atoms. The zero-order valence-corrected chi connectivity index (χ0v) is 23.4. The molecule has 5 rings (SSSR count). The molecule has 0 radical (unpaired) electrons. The second-order valence-electron chi connectivity index (χ2n) is 11.6. The third-order valence-electron chi connectivity index (χ3n) is 8.50. The minimum absolute atomic E-state index is 0.0379. The first-order valence-electron chi connectivity index (χ1n) is 14.7. The van der Waals surface area contributed by atoms with Gasteiger partial charge < -0.3 is 20.4 Å². The lowest BCUT2D eigenvalue weighted by Crippen LogP contribution is -2.44. The van der Waals surface area contributed by atoms with Crippen LogP contribution in [0.5, 0.6) is 0 Å². The Morgan fingerprint density at radius 3 is 2.17 bits per heavy atom. The van der Waals surface area contributed by atoms with Crippen molar-refractivity contribution >= 4 is 35.0 Å². The summed E-state index contributed by atoms with van der Waals surface area (Å²) < 4.78 is 0. The molecule has 2 aromatic rings. The number of carbonyl (C=O) groups is 4. The second kappa shape index (κ2) is 12.7. The summed E-state index contributed by atoms with van der Waals surface area (Å²) in [4.78, 5) is 55.0. The van der Waals surface area contributed by atoms with Crippen molar-refractivity contribution in [2.75, 3.05) is 30.8 Å². The van der Waals surface area contributed by atoms with Gasteiger partial charge in [-0.1, -0.05) is 37.5 Å². The quantitative estimate of drug-likeness (QED) is 0.496. The van der Waals surface area contributed by atoms with Gasteiger partial charge in [0, 0.05) is 55.0 Å². The highest BCUT2D eigenvalue weighted by Crippen LogP contribution is 2.29. The Bertz CT molecular complexity index is 1240. The summed E-state index contributed by atoms with van der Waals surface area (Å²) in [6.07, 6.45) is 9.07. The normalized spacial score (nSPS) is 18.2. The summed E-state index contributed by atoms with van der Waals surface area (Å²) in [5, 5.41) is 5.90. The van der Waals surface area contributed by atoms with Crippen LogP contribution in [0.2, 0.25) is 0 Å². The maximum absolute atomic E-state index is 13.0. The van der Waals surface area contributed by atoms with E-state index in [4.69, 9.17) is 0 Å². The summed E-state index contributed by atoms with van der Waals surface area (Å²) in [6.45, 7) is 1.27. The number of amides is 4. The van der Waals surface area contributed by atoms with Crippen molar-refractivity contribution in [1.29, 1.82) is 0 Å². The van der Waals surface area contributed by atoms with Crippen LogP contribution in [0.3, 0.4) is 0 Å². The minimum Gasteiger partial charge on any atom is -0.342 e. The largest absolute Gasteiger partial charge is 0.342 e. The van der Waals surface area contributed by atoms with Crippen LogP contribution < -0.4 is 10.6 Å². The highest BCUT2D eigenvalue weighted by atomic mass is 16.2. The average molecular weight is 545 g/mol. The number of hydrogen-bond donors (Lipinski definition) is 2. The minimum atomic E-state index is -0.196. The van der Waals surface area contributed by atoms with Crippen LogP contribution in [-0.2, 0) is 20.8 Å². The molecule has 3 aliphatic rings. The van der Waals surface area contributed by atoms with Crippen molar-refractivity contribution in [3.8, 4) is 0 Å². The number of rotatable bonds is 8. The van der Waals surface area contributed by atoms with E-state index >= 15 is 0 Å². The molecule has 8 nitrogen and oxygen atoms in total. The molecule has 1 heterocycles. The van der Waals surface area contributed by atoms with Crippen molar-refractivity contribution in [2.24, 2.45) is 11.8 Å². The predicted molar refractivity (Wildman–Crippen MR) is 155 cm³/mol. The number of likely N-dealkylation sites (tertiary alicyclic amines) is 1. The van der Waals surface area contributed by atoms with Crippen LogP contribution >= 0.6 is 0 Å². The number of benzene rings is 2. The molecule has 1 saturated heterocycles. The maximum Gasteiger partial charge on any atom is 0.253 e. The molecule has 0 atom stereocenters. The molecule has 0 spiro atoms. The van der Waals surface area contributed by atoms with E-state index in [9.17, 15) is 19.2 Å². The lowest BCUT2D eigenvalue weighted by atomic mass is 9.87. The van der Waals surface area contributed by atoms with Crippen molar-refractivity contribution in [3.05, 3.63) is 59.7 Å². The van der Waals surface area contributed by atoms with Crippen LogP contribution in [0, 0.1) is 11.8 Å². The number of anilines is 2. The molecule has 3 fully saturated rings. The van der Waals surface area contributed by atoms with Crippen LogP contribution in [0.25, 0.3) is 0 Å². The number of piperidine rings is 1. The van der Waals surface area contributed by atoms with E-state index in [1.54, 1.807) is 29.2 Å². The molecule has 4 amide bonds. The third-order valence-corrected chi connectivity index (χ3v) is 8.50. The third kappa shape index (κ3) is 7.09. The summed E-state index contributed by atoms with van der Waals surface area (Å²) in [5.74, 6) is 0.0375. The van der Waals surface area contributed by atoms with E-state index < -0.39 is 0 Å². The highest BCUT2D eigenvalue weighted by molar-refractivity contribution is 5.98. The van der Waals surface area contributed by atoms with E-state index in [0.29, 0.717) is 48.9 Å². The Morgan fingerprint density at radius 2 is 1.48 bits per heavy atom. The molecule has 2 aliphatic carbocycles. The Morgan fingerprint density at radius 1 is 0.800 bits per heavy atom. The SMILES string of the molecule is CN(C(=O)c1cccc(NC(=O)Cc2cccc(NC(=O)C3CCN(C(=O)C4CCCCC4)CC3)c2)c1)C1CC1. The van der Waals surface area contributed by atoms with Crippen LogP contribution in [0.15, 0.2) is 48.5 Å². The smallest absolute Gasteiger partial charge is 0.253 e. The average Bonchev–Trinajstić information content (AvgIpc) is 3.83. The fourth-order valence-corrected chi connectivity index (χ4v) is 5.93. The maximum atomic E-state index is 13.0. The zero-order chi connectivity index (χ0) is 28.1. The Kier molecular flexibility index (Phi) is 8.82. The standard InChI is InChI=1S/C32H40N4O4/c1-35(28-13-14-28)31(39)25-10-6-12-27(21-25)33-29(37)20-22-7-5-11-26(19-22)34-30(38)23-15-17-36(18-16-23)32(40)24-8-3-2-4-9-24/h5-7,10-12,19,21,23-24,28H,2-4,8-9,13-18,20H2,1H3,(H,33,37)(H,34,38). The van der Waals surface area contributed by atoms with Gasteiger partial charge in [-0.2, -0.15) is 0 Å². The Labute approximate surface area is 236 Å². The van der Waals surface area contributed by atoms with Gasteiger partial charge in [-0.25, -0.2) is 0 Å². The molecule has 0 aromatic heterocycles. The first kappa shape index (κ1) is 27.9. The van der Waals surface area contributed by atoms with Gasteiger partial charge in [0.05, 0.1) is 6.42 Å². The van der Waals surface area contributed by atoms with Crippen LogP contribution in [0.1, 0.15) is 73.7 Å². The van der Waals surface area contributed by atoms with Crippen molar-refractivity contribution in [1.82, 2.24) is 9.80 Å². The fraction of sp³-hybridized carbons (Fsp3) is 0.500. The first-order chi connectivity index (χ1) is 19.4. The number of nitrogens with zero attached hydrogens (tertiary/aromatic N) is 2. The highest BCUT2D eigenvalue weighted by Gasteiger charge is 2.32. The molecule has 0 unspecified atom stereocenters. The van der Waals surface area contributed by atoms with Gasteiger partial charge in [0.15, 0.2) is 0 Å². The molecular weight excluding hydrogens is 504 g/mol. The van der Waals surface area contributed by atoms with Crippen molar-refractivity contribution in [2.45, 2.75) is 70.3 Å². The summed E-state index contributed by atoms with van der Waals surface area (Å²) >= 11 is 0. The van der Waals surface area contributed by atoms with Gasteiger partial charge in [0.25, 0.3) is 5.91 Å². The lowest BCUT2D eigenvalue weighted by molar-refractivity contribution is -0.139. The number of hydrogen-bond acceptors (Lipinski definition) is 4. The number of nitrogens with one attached hydrogen (secondary N) is 2. The van der Waals surface area contributed by atoms with Crippen molar-refractivity contribution < 1.29 is 19.2 Å². The first-order valence-corrected chi connectivity index (χ1v) is 14.7. The van der Waals surface area contributed by atoms with Gasteiger partial charge in [-0.15, -0.1) is 0 Å². The van der Waals surface area contributed by atoms with Gasteiger partial charge in [0.1, 0.15) is 0 Å². The van der Waals surface area contributed by atoms with E-state index in [2.05, 4.69) is 10.6 Å². The zero-order valence-electron chi connectivity index (χ0n) is 23.4. The topological polar surface area (TPSA) is 98.8 Å². The fourth-order valence-electron chi connectivity index (χ4n) is 5.93. The van der Waals surface area contributed by atoms with Crippen molar-refractivity contribution in [3.63, 3.8) is 0 Å². The number of carbonyl (C=O) groups excluding carboxylic acids is 4. The monoisotopic (exact) mass is 544 g/mol. The van der Waals surface area contributed by atoms with E-state index in [1.165, 1.54) is 6.42 Å². The predicted octanol–water partition coefficient (Wildman–Crippen LogP) is 4.86. The summed E-state index contributed by atoms with van der Waals surface area (Å²) in [5.41, 5.74) is 2.58. The molecule has 2 saturated carbocycles. The molecule has 0 bridgehead atoms. The molecule has 1 aliphatic heterocycles. The molecule has 2 N–H and O–H groups in total. The molecule has 2 aromatic carbocycles. The summed E-state index contributed by atoms with van der Waals surface area (Å²) in [6, 6.07) is 14.7. The second-order valence-corrected chi connectivity index (χ2v) is 11.6. The lowest BCUT2D eigenvalue weighted by Gasteiger charge is -2.34. The van der Waals surface area contributed by atoms with E-state index in [1.807, 2.05) is 36.2 Å². The molecule has 8 heteroatoms. The Hall–Kier alpha value is -3.68. The van der Waals surface area contributed by atoms with E-state index in [-0.39, 0.29) is 41.9 Å². The Balaban J connectivity index is 1.10. The van der Waals surface area contributed by atoms with Gasteiger partial charge >= 0.3 is 0 Å². The van der Waals surface area contributed by atoms with Crippen LogP contribution in [0.4, 0.5) is 11.4 Å². The molecular formula is C32H40N4O4. The van der Waals surface area contributed by atoms with Gasteiger partial charge in [0.2, 0.25) is 17.7 Å². The van der Waals surface area contributed by atoms with E-state index in [0.717, 1.165) is 44.1 Å².